The highest BCUT2D eigenvalue weighted by atomic mass is 19.1. The summed E-state index contributed by atoms with van der Waals surface area (Å²) in [4.78, 5) is 25.6. The van der Waals surface area contributed by atoms with Gasteiger partial charge in [0.1, 0.15) is 5.82 Å². The number of hydrogen-bond donors (Lipinski definition) is 1. The first-order valence-electron chi connectivity index (χ1n) is 7.46. The Bertz CT molecular complexity index is 674. The molecule has 0 spiro atoms. The molecule has 0 aliphatic carbocycles. The van der Waals surface area contributed by atoms with Crippen molar-refractivity contribution in [2.45, 2.75) is 20.0 Å². The fraction of sp³-hybridized carbons (Fsp3) is 0.222. The summed E-state index contributed by atoms with van der Waals surface area (Å²) >= 11 is 0. The average Bonchev–Trinajstić information content (AvgIpc) is 2.59. The van der Waals surface area contributed by atoms with Gasteiger partial charge in [0.2, 0.25) is 0 Å². The predicted octanol–water partition coefficient (Wildman–Crippen LogP) is 2.49. The molecule has 2 aromatic rings. The van der Waals surface area contributed by atoms with Crippen LogP contribution in [0.1, 0.15) is 18.1 Å². The van der Waals surface area contributed by atoms with Gasteiger partial charge in [0, 0.05) is 25.2 Å². The van der Waals surface area contributed by atoms with Crippen LogP contribution in [0.3, 0.4) is 0 Å². The maximum Gasteiger partial charge on any atom is 0.312 e. The molecule has 0 saturated carbocycles. The van der Waals surface area contributed by atoms with Gasteiger partial charge in [-0.15, -0.1) is 0 Å². The Kier molecular flexibility index (Phi) is 5.86. The van der Waals surface area contributed by atoms with E-state index in [2.05, 4.69) is 5.32 Å². The molecule has 0 unspecified atom stereocenters. The molecule has 0 aliphatic heterocycles. The Morgan fingerprint density at radius 1 is 1.04 bits per heavy atom. The SMILES string of the molecule is CCN(Cc1ccccc1)C(=O)C(=O)NCc1ccccc1F. The predicted molar refractivity (Wildman–Crippen MR) is 85.8 cm³/mol. The van der Waals surface area contributed by atoms with Gasteiger partial charge in [0.05, 0.1) is 0 Å². The maximum absolute atomic E-state index is 13.5. The second-order valence-corrected chi connectivity index (χ2v) is 5.08. The third-order valence-electron chi connectivity index (χ3n) is 3.48. The van der Waals surface area contributed by atoms with Gasteiger partial charge in [-0.2, -0.15) is 0 Å². The largest absolute Gasteiger partial charge is 0.344 e. The molecule has 1 N–H and O–H groups in total. The van der Waals surface area contributed by atoms with E-state index in [0.29, 0.717) is 18.7 Å². The van der Waals surface area contributed by atoms with Gasteiger partial charge in [-0.1, -0.05) is 48.5 Å². The van der Waals surface area contributed by atoms with E-state index in [1.165, 1.54) is 11.0 Å². The summed E-state index contributed by atoms with van der Waals surface area (Å²) in [6.45, 7) is 2.58. The fourth-order valence-electron chi connectivity index (χ4n) is 2.17. The van der Waals surface area contributed by atoms with Gasteiger partial charge in [-0.3, -0.25) is 9.59 Å². The van der Waals surface area contributed by atoms with Crippen LogP contribution >= 0.6 is 0 Å². The van der Waals surface area contributed by atoms with E-state index in [-0.39, 0.29) is 6.54 Å². The third-order valence-corrected chi connectivity index (χ3v) is 3.48. The van der Waals surface area contributed by atoms with Crippen LogP contribution in [-0.4, -0.2) is 23.3 Å². The number of rotatable bonds is 5. The zero-order chi connectivity index (χ0) is 16.7. The fourth-order valence-corrected chi connectivity index (χ4v) is 2.17. The number of halogens is 1. The monoisotopic (exact) mass is 314 g/mol. The van der Waals surface area contributed by atoms with E-state index < -0.39 is 17.6 Å². The molecule has 120 valence electrons. The summed E-state index contributed by atoms with van der Waals surface area (Å²) in [5.41, 5.74) is 1.30. The average molecular weight is 314 g/mol. The molecule has 2 rings (SSSR count). The number of nitrogens with zero attached hydrogens (tertiary/aromatic N) is 1. The lowest BCUT2D eigenvalue weighted by molar-refractivity contribution is -0.146. The van der Waals surface area contributed by atoms with E-state index in [1.807, 2.05) is 37.3 Å². The van der Waals surface area contributed by atoms with Crippen LogP contribution in [0.5, 0.6) is 0 Å². The molecule has 0 aliphatic rings. The van der Waals surface area contributed by atoms with Gasteiger partial charge >= 0.3 is 11.8 Å². The molecule has 0 bridgehead atoms. The van der Waals surface area contributed by atoms with Crippen LogP contribution in [0.2, 0.25) is 0 Å². The number of hydrogen-bond acceptors (Lipinski definition) is 2. The number of amides is 2. The zero-order valence-electron chi connectivity index (χ0n) is 13.0. The molecule has 4 nitrogen and oxygen atoms in total. The summed E-state index contributed by atoms with van der Waals surface area (Å²) < 4.78 is 13.5. The first kappa shape index (κ1) is 16.7. The molecule has 0 saturated heterocycles. The summed E-state index contributed by atoms with van der Waals surface area (Å²) in [6.07, 6.45) is 0. The van der Waals surface area contributed by atoms with Crippen molar-refractivity contribution in [1.29, 1.82) is 0 Å². The molecular weight excluding hydrogens is 295 g/mol. The second kappa shape index (κ2) is 8.08. The number of likely N-dealkylation sites (N-methyl/N-ethyl adjacent to an activating group) is 1. The van der Waals surface area contributed by atoms with E-state index in [4.69, 9.17) is 0 Å². The van der Waals surface area contributed by atoms with Crippen molar-refractivity contribution in [3.8, 4) is 0 Å². The zero-order valence-corrected chi connectivity index (χ0v) is 13.0. The lowest BCUT2D eigenvalue weighted by atomic mass is 10.2. The lowest BCUT2D eigenvalue weighted by Gasteiger charge is -2.20. The summed E-state index contributed by atoms with van der Waals surface area (Å²) in [5, 5.41) is 2.47. The minimum Gasteiger partial charge on any atom is -0.344 e. The number of carbonyl (C=O) groups excluding carboxylic acids is 2. The van der Waals surface area contributed by atoms with Crippen molar-refractivity contribution in [1.82, 2.24) is 10.2 Å². The Hall–Kier alpha value is -2.69. The van der Waals surface area contributed by atoms with Crippen LogP contribution in [0.25, 0.3) is 0 Å². The lowest BCUT2D eigenvalue weighted by Crippen LogP contribution is -2.42. The molecule has 0 radical (unpaired) electrons. The molecule has 0 fully saturated rings. The maximum atomic E-state index is 13.5. The van der Waals surface area contributed by atoms with Gasteiger partial charge < -0.3 is 10.2 Å². The van der Waals surface area contributed by atoms with Crippen molar-refractivity contribution in [2.75, 3.05) is 6.54 Å². The van der Waals surface area contributed by atoms with Gasteiger partial charge in [0.25, 0.3) is 0 Å². The van der Waals surface area contributed by atoms with Crippen LogP contribution in [-0.2, 0) is 22.7 Å². The van der Waals surface area contributed by atoms with Gasteiger partial charge in [-0.25, -0.2) is 4.39 Å². The number of nitrogens with one attached hydrogen (secondary N) is 1. The van der Waals surface area contributed by atoms with E-state index in [1.54, 1.807) is 18.2 Å². The van der Waals surface area contributed by atoms with E-state index in [9.17, 15) is 14.0 Å². The smallest absolute Gasteiger partial charge is 0.312 e. The highest BCUT2D eigenvalue weighted by Gasteiger charge is 2.20. The quantitative estimate of drug-likeness (QED) is 0.862. The number of benzene rings is 2. The van der Waals surface area contributed by atoms with Gasteiger partial charge in [-0.05, 0) is 18.6 Å². The minimum absolute atomic E-state index is 0.0138. The molecule has 2 amide bonds. The topological polar surface area (TPSA) is 49.4 Å². The van der Waals surface area contributed by atoms with Gasteiger partial charge in [0.15, 0.2) is 0 Å². The van der Waals surface area contributed by atoms with E-state index >= 15 is 0 Å². The van der Waals surface area contributed by atoms with Crippen molar-refractivity contribution in [3.05, 3.63) is 71.5 Å². The van der Waals surface area contributed by atoms with Crippen LogP contribution in [0.4, 0.5) is 4.39 Å². The number of carbonyl (C=O) groups is 2. The Balaban J connectivity index is 1.95. The summed E-state index contributed by atoms with van der Waals surface area (Å²) in [7, 11) is 0. The Labute approximate surface area is 134 Å². The molecule has 23 heavy (non-hydrogen) atoms. The first-order valence-corrected chi connectivity index (χ1v) is 7.46. The second-order valence-electron chi connectivity index (χ2n) is 5.08. The Morgan fingerprint density at radius 2 is 1.70 bits per heavy atom. The molecule has 0 aromatic heterocycles. The molecular formula is C18H19FN2O2. The van der Waals surface area contributed by atoms with Crippen molar-refractivity contribution in [2.24, 2.45) is 0 Å². The van der Waals surface area contributed by atoms with Crippen molar-refractivity contribution < 1.29 is 14.0 Å². The molecule has 0 atom stereocenters. The Morgan fingerprint density at radius 3 is 2.35 bits per heavy atom. The highest BCUT2D eigenvalue weighted by molar-refractivity contribution is 6.34. The molecule has 5 heteroatoms. The van der Waals surface area contributed by atoms with Crippen molar-refractivity contribution in [3.63, 3.8) is 0 Å². The normalized spacial score (nSPS) is 10.2. The van der Waals surface area contributed by atoms with Crippen molar-refractivity contribution >= 4 is 11.8 Å². The summed E-state index contributed by atoms with van der Waals surface area (Å²) in [6, 6.07) is 15.6. The van der Waals surface area contributed by atoms with Crippen LogP contribution in [0, 0.1) is 5.82 Å². The van der Waals surface area contributed by atoms with Crippen LogP contribution < -0.4 is 5.32 Å². The van der Waals surface area contributed by atoms with Crippen LogP contribution in [0.15, 0.2) is 54.6 Å². The van der Waals surface area contributed by atoms with E-state index in [0.717, 1.165) is 5.56 Å². The molecule has 2 aromatic carbocycles. The first-order chi connectivity index (χ1) is 11.1. The minimum atomic E-state index is -0.731. The third kappa shape index (κ3) is 4.64. The highest BCUT2D eigenvalue weighted by Crippen LogP contribution is 2.07. The summed E-state index contributed by atoms with van der Waals surface area (Å²) in [5.74, 6) is -1.75. The molecule has 0 heterocycles. The standard InChI is InChI=1S/C18H19FN2O2/c1-2-21(13-14-8-4-3-5-9-14)18(23)17(22)20-12-15-10-6-7-11-16(15)19/h3-11H,2,12-13H2,1H3,(H,20,22).